The summed E-state index contributed by atoms with van der Waals surface area (Å²) in [5.74, 6) is 0.00411. The van der Waals surface area contributed by atoms with Gasteiger partial charge >= 0.3 is 0 Å². The van der Waals surface area contributed by atoms with Gasteiger partial charge in [-0.2, -0.15) is 0 Å². The molecule has 2 aromatic rings. The lowest BCUT2D eigenvalue weighted by Gasteiger charge is -2.16. The number of hydrogen-bond donors (Lipinski definition) is 1. The van der Waals surface area contributed by atoms with Gasteiger partial charge in [0.1, 0.15) is 0 Å². The Balaban J connectivity index is 2.08. The van der Waals surface area contributed by atoms with Crippen LogP contribution in [0.5, 0.6) is 0 Å². The number of anilines is 1. The van der Waals surface area contributed by atoms with E-state index in [-0.39, 0.29) is 11.9 Å². The van der Waals surface area contributed by atoms with E-state index in [4.69, 9.17) is 11.6 Å². The predicted molar refractivity (Wildman–Crippen MR) is 87.9 cm³/mol. The third kappa shape index (κ3) is 3.99. The van der Waals surface area contributed by atoms with Gasteiger partial charge < -0.3 is 10.2 Å². The summed E-state index contributed by atoms with van der Waals surface area (Å²) in [5, 5.41) is 4.13. The Morgan fingerprint density at radius 2 is 1.81 bits per heavy atom. The summed E-state index contributed by atoms with van der Waals surface area (Å²) in [6.45, 7) is 2.07. The maximum atomic E-state index is 11.8. The van der Waals surface area contributed by atoms with Gasteiger partial charge in [-0.1, -0.05) is 23.7 Å². The molecule has 0 aliphatic rings. The summed E-state index contributed by atoms with van der Waals surface area (Å²) in [6, 6.07) is 15.4. The van der Waals surface area contributed by atoms with E-state index in [1.54, 1.807) is 19.0 Å². The molecule has 0 aliphatic carbocycles. The molecule has 1 unspecified atom stereocenters. The quantitative estimate of drug-likeness (QED) is 0.917. The minimum Gasteiger partial charge on any atom is -0.379 e. The van der Waals surface area contributed by atoms with Gasteiger partial charge in [0.05, 0.1) is 0 Å². The van der Waals surface area contributed by atoms with E-state index in [1.807, 2.05) is 48.5 Å². The topological polar surface area (TPSA) is 32.3 Å². The molecule has 2 rings (SSSR count). The highest BCUT2D eigenvalue weighted by atomic mass is 35.5. The molecule has 0 saturated heterocycles. The Labute approximate surface area is 130 Å². The number of carbonyl (C=O) groups is 1. The molecule has 1 N–H and O–H groups in total. The van der Waals surface area contributed by atoms with Crippen LogP contribution in [0.15, 0.2) is 48.5 Å². The summed E-state index contributed by atoms with van der Waals surface area (Å²) >= 11 is 6.01. The summed E-state index contributed by atoms with van der Waals surface area (Å²) in [4.78, 5) is 13.4. The van der Waals surface area contributed by atoms with E-state index in [2.05, 4.69) is 12.2 Å². The maximum absolute atomic E-state index is 11.8. The number of nitrogens with zero attached hydrogens (tertiary/aromatic N) is 1. The number of nitrogens with one attached hydrogen (secondary N) is 1. The number of rotatable bonds is 4. The molecule has 21 heavy (non-hydrogen) atoms. The van der Waals surface area contributed by atoms with E-state index in [0.717, 1.165) is 16.3 Å². The van der Waals surface area contributed by atoms with Crippen molar-refractivity contribution in [1.29, 1.82) is 0 Å². The molecule has 1 amide bonds. The Morgan fingerprint density at radius 3 is 2.38 bits per heavy atom. The summed E-state index contributed by atoms with van der Waals surface area (Å²) in [6.07, 6.45) is 0. The molecular formula is C17H19ClN2O. The number of amides is 1. The average molecular weight is 303 g/mol. The highest BCUT2D eigenvalue weighted by Gasteiger charge is 2.09. The molecule has 0 saturated carbocycles. The molecule has 110 valence electrons. The second-order valence-electron chi connectivity index (χ2n) is 5.20. The molecule has 4 heteroatoms. The number of halogens is 1. The molecule has 0 heterocycles. The fourth-order valence-electron chi connectivity index (χ4n) is 2.08. The van der Waals surface area contributed by atoms with Crippen LogP contribution in [-0.4, -0.2) is 24.9 Å². The van der Waals surface area contributed by atoms with E-state index in [1.165, 1.54) is 0 Å². The molecule has 0 radical (unpaired) electrons. The standard InChI is InChI=1S/C17H19ClN2O/c1-12(14-5-4-6-15(18)11-14)19-16-9-7-13(8-10-16)17(21)20(2)3/h4-12,19H,1-3H3. The van der Waals surface area contributed by atoms with Crippen LogP contribution < -0.4 is 5.32 Å². The molecule has 2 aromatic carbocycles. The Hall–Kier alpha value is -2.00. The first kappa shape index (κ1) is 15.4. The van der Waals surface area contributed by atoms with Crippen LogP contribution in [0.4, 0.5) is 5.69 Å². The fourth-order valence-corrected chi connectivity index (χ4v) is 2.28. The van der Waals surface area contributed by atoms with Crippen molar-refractivity contribution in [3.05, 3.63) is 64.7 Å². The first-order valence-electron chi connectivity index (χ1n) is 6.81. The zero-order chi connectivity index (χ0) is 15.4. The van der Waals surface area contributed by atoms with Crippen molar-refractivity contribution in [1.82, 2.24) is 4.90 Å². The lowest BCUT2D eigenvalue weighted by molar-refractivity contribution is 0.0827. The molecule has 0 fully saturated rings. The average Bonchev–Trinajstić information content (AvgIpc) is 2.47. The van der Waals surface area contributed by atoms with Crippen molar-refractivity contribution in [3.63, 3.8) is 0 Å². The monoisotopic (exact) mass is 302 g/mol. The third-order valence-corrected chi connectivity index (χ3v) is 3.50. The first-order chi connectivity index (χ1) is 9.97. The minimum absolute atomic E-state index is 0.00411. The van der Waals surface area contributed by atoms with Gasteiger partial charge in [-0.15, -0.1) is 0 Å². The molecule has 1 atom stereocenters. The number of carbonyl (C=O) groups excluding carboxylic acids is 1. The Morgan fingerprint density at radius 1 is 1.14 bits per heavy atom. The number of hydrogen-bond acceptors (Lipinski definition) is 2. The van der Waals surface area contributed by atoms with Crippen LogP contribution >= 0.6 is 11.6 Å². The van der Waals surface area contributed by atoms with Crippen LogP contribution in [0.2, 0.25) is 5.02 Å². The van der Waals surface area contributed by atoms with Gasteiger partial charge in [-0.3, -0.25) is 4.79 Å². The van der Waals surface area contributed by atoms with E-state index < -0.39 is 0 Å². The van der Waals surface area contributed by atoms with Gasteiger partial charge in [0, 0.05) is 36.4 Å². The lowest BCUT2D eigenvalue weighted by Crippen LogP contribution is -2.21. The van der Waals surface area contributed by atoms with E-state index in [0.29, 0.717) is 5.56 Å². The molecule has 0 bridgehead atoms. The lowest BCUT2D eigenvalue weighted by atomic mass is 10.1. The van der Waals surface area contributed by atoms with E-state index >= 15 is 0 Å². The molecule has 0 aromatic heterocycles. The second-order valence-corrected chi connectivity index (χ2v) is 5.63. The normalized spacial score (nSPS) is 11.8. The van der Waals surface area contributed by atoms with Gasteiger partial charge in [-0.05, 0) is 48.9 Å². The van der Waals surface area contributed by atoms with Gasteiger partial charge in [0.2, 0.25) is 0 Å². The maximum Gasteiger partial charge on any atom is 0.253 e. The van der Waals surface area contributed by atoms with Crippen LogP contribution in [0, 0.1) is 0 Å². The number of benzene rings is 2. The van der Waals surface area contributed by atoms with Crippen LogP contribution in [0.3, 0.4) is 0 Å². The zero-order valence-corrected chi connectivity index (χ0v) is 13.2. The smallest absolute Gasteiger partial charge is 0.253 e. The summed E-state index contributed by atoms with van der Waals surface area (Å²) < 4.78 is 0. The van der Waals surface area contributed by atoms with Gasteiger partial charge in [0.25, 0.3) is 5.91 Å². The van der Waals surface area contributed by atoms with Crippen LogP contribution in [0.1, 0.15) is 28.9 Å². The van der Waals surface area contributed by atoms with Gasteiger partial charge in [0.15, 0.2) is 0 Å². The van der Waals surface area contributed by atoms with Crippen molar-refractivity contribution in [2.75, 3.05) is 19.4 Å². The largest absolute Gasteiger partial charge is 0.379 e. The Bertz CT molecular complexity index is 623. The highest BCUT2D eigenvalue weighted by Crippen LogP contribution is 2.22. The van der Waals surface area contributed by atoms with Crippen LogP contribution in [0.25, 0.3) is 0 Å². The summed E-state index contributed by atoms with van der Waals surface area (Å²) in [5.41, 5.74) is 2.77. The molecule has 3 nitrogen and oxygen atoms in total. The third-order valence-electron chi connectivity index (χ3n) is 3.27. The van der Waals surface area contributed by atoms with Crippen molar-refractivity contribution >= 4 is 23.2 Å². The highest BCUT2D eigenvalue weighted by molar-refractivity contribution is 6.30. The van der Waals surface area contributed by atoms with Crippen molar-refractivity contribution in [2.45, 2.75) is 13.0 Å². The predicted octanol–water partition coefficient (Wildman–Crippen LogP) is 4.21. The molecule has 0 aliphatic heterocycles. The van der Waals surface area contributed by atoms with Crippen LogP contribution in [-0.2, 0) is 0 Å². The summed E-state index contributed by atoms with van der Waals surface area (Å²) in [7, 11) is 3.49. The minimum atomic E-state index is 0.00411. The van der Waals surface area contributed by atoms with Crippen molar-refractivity contribution in [2.24, 2.45) is 0 Å². The Kier molecular flexibility index (Phi) is 4.86. The molecular weight excluding hydrogens is 284 g/mol. The van der Waals surface area contributed by atoms with E-state index in [9.17, 15) is 4.79 Å². The fraction of sp³-hybridized carbons (Fsp3) is 0.235. The van der Waals surface area contributed by atoms with Crippen molar-refractivity contribution in [3.8, 4) is 0 Å². The molecule has 0 spiro atoms. The first-order valence-corrected chi connectivity index (χ1v) is 7.19. The second kappa shape index (κ2) is 6.64. The zero-order valence-electron chi connectivity index (χ0n) is 12.4. The SMILES string of the molecule is CC(Nc1ccc(C(=O)N(C)C)cc1)c1cccc(Cl)c1. The van der Waals surface area contributed by atoms with Crippen molar-refractivity contribution < 1.29 is 4.79 Å². The van der Waals surface area contributed by atoms with Gasteiger partial charge in [-0.25, -0.2) is 0 Å².